The highest BCUT2D eigenvalue weighted by atomic mass is 32.1. The van der Waals surface area contributed by atoms with Crippen molar-refractivity contribution >= 4 is 33.7 Å². The largest absolute Gasteiger partial charge is 0.485 e. The maximum atomic E-state index is 12.8. The van der Waals surface area contributed by atoms with E-state index < -0.39 is 6.10 Å². The molecule has 5 rings (SSSR count). The van der Waals surface area contributed by atoms with Crippen molar-refractivity contribution in [2.24, 2.45) is 11.8 Å². The molecule has 1 saturated heterocycles. The summed E-state index contributed by atoms with van der Waals surface area (Å²) in [4.78, 5) is 15.5. The molecule has 27 heavy (non-hydrogen) atoms. The summed E-state index contributed by atoms with van der Waals surface area (Å²) in [5, 5.41) is 24.4. The molecule has 1 aliphatic carbocycles. The number of thiophene rings is 1. The lowest BCUT2D eigenvalue weighted by molar-refractivity contribution is 0.0461. The van der Waals surface area contributed by atoms with Crippen LogP contribution in [0.1, 0.15) is 22.5 Å². The standard InChI is InChI=1S/C17H20N4O4S2/c22-12-4-10-6-21(17-20-18-8-27-17)5-9(10)3-11(12)19-16(23)15-14-13(7-26-15)24-1-2-25-14/h7-12,22H,1-6H2,(H,19,23)/t9-,10+,11-,12-/m0/s1. The Hall–Kier alpha value is -1.91. The van der Waals surface area contributed by atoms with Crippen LogP contribution in [-0.2, 0) is 0 Å². The van der Waals surface area contributed by atoms with Crippen molar-refractivity contribution in [1.82, 2.24) is 15.5 Å². The van der Waals surface area contributed by atoms with Gasteiger partial charge in [0.1, 0.15) is 23.6 Å². The van der Waals surface area contributed by atoms with Crippen molar-refractivity contribution in [3.63, 3.8) is 0 Å². The van der Waals surface area contributed by atoms with Gasteiger partial charge in [-0.3, -0.25) is 4.79 Å². The molecule has 2 aliphatic heterocycles. The molecule has 0 radical (unpaired) electrons. The Kier molecular flexibility index (Phi) is 4.41. The summed E-state index contributed by atoms with van der Waals surface area (Å²) in [5.41, 5.74) is 1.74. The first-order valence-corrected chi connectivity index (χ1v) is 10.8. The summed E-state index contributed by atoms with van der Waals surface area (Å²) in [5.74, 6) is 1.80. The monoisotopic (exact) mass is 408 g/mol. The van der Waals surface area contributed by atoms with Gasteiger partial charge in [0.25, 0.3) is 5.91 Å². The van der Waals surface area contributed by atoms with Crippen molar-refractivity contribution < 1.29 is 19.4 Å². The van der Waals surface area contributed by atoms with Crippen LogP contribution in [0.4, 0.5) is 5.13 Å². The molecule has 2 N–H and O–H groups in total. The molecule has 0 bridgehead atoms. The quantitative estimate of drug-likeness (QED) is 0.792. The number of carbonyl (C=O) groups excluding carboxylic acids is 1. The lowest BCUT2D eigenvalue weighted by atomic mass is 9.77. The number of hydrogen-bond donors (Lipinski definition) is 2. The number of aliphatic hydroxyl groups excluding tert-OH is 1. The number of nitrogens with one attached hydrogen (secondary N) is 1. The predicted molar refractivity (Wildman–Crippen MR) is 101 cm³/mol. The van der Waals surface area contributed by atoms with E-state index in [1.165, 1.54) is 22.7 Å². The topological polar surface area (TPSA) is 96.8 Å². The van der Waals surface area contributed by atoms with Crippen LogP contribution in [0.3, 0.4) is 0 Å². The van der Waals surface area contributed by atoms with Crippen molar-refractivity contribution in [3.8, 4) is 11.5 Å². The molecule has 3 aliphatic rings. The zero-order valence-corrected chi connectivity index (χ0v) is 16.2. The van der Waals surface area contributed by atoms with Gasteiger partial charge in [0.15, 0.2) is 11.5 Å². The summed E-state index contributed by atoms with van der Waals surface area (Å²) >= 11 is 2.85. The first-order valence-electron chi connectivity index (χ1n) is 9.06. The van der Waals surface area contributed by atoms with Crippen LogP contribution in [0.15, 0.2) is 10.9 Å². The van der Waals surface area contributed by atoms with E-state index >= 15 is 0 Å². The van der Waals surface area contributed by atoms with Crippen LogP contribution in [-0.4, -0.2) is 59.7 Å². The first kappa shape index (κ1) is 17.2. The molecule has 10 heteroatoms. The fraction of sp³-hybridized carbons (Fsp3) is 0.588. The van der Waals surface area contributed by atoms with Gasteiger partial charge >= 0.3 is 0 Å². The van der Waals surface area contributed by atoms with Gasteiger partial charge in [0.2, 0.25) is 5.13 Å². The lowest BCUT2D eigenvalue weighted by Crippen LogP contribution is -2.49. The van der Waals surface area contributed by atoms with Crippen LogP contribution in [0.5, 0.6) is 11.5 Å². The van der Waals surface area contributed by atoms with Gasteiger partial charge in [-0.2, -0.15) is 0 Å². The molecule has 144 valence electrons. The fourth-order valence-corrected chi connectivity index (χ4v) is 5.71. The highest BCUT2D eigenvalue weighted by Crippen LogP contribution is 2.41. The van der Waals surface area contributed by atoms with E-state index in [4.69, 9.17) is 9.47 Å². The molecule has 1 saturated carbocycles. The molecule has 2 fully saturated rings. The second-order valence-electron chi connectivity index (χ2n) is 7.22. The molecule has 0 unspecified atom stereocenters. The first-order chi connectivity index (χ1) is 13.2. The lowest BCUT2D eigenvalue weighted by Gasteiger charge is -2.35. The van der Waals surface area contributed by atoms with Crippen molar-refractivity contribution in [3.05, 3.63) is 15.8 Å². The van der Waals surface area contributed by atoms with Crippen molar-refractivity contribution in [1.29, 1.82) is 0 Å². The third-order valence-corrected chi connectivity index (χ3v) is 7.27. The molecule has 4 heterocycles. The Labute approximate surface area is 164 Å². The van der Waals surface area contributed by atoms with Gasteiger partial charge in [0.05, 0.1) is 12.1 Å². The zero-order chi connectivity index (χ0) is 18.4. The molecule has 2 aromatic heterocycles. The van der Waals surface area contributed by atoms with E-state index in [1.807, 2.05) is 0 Å². The van der Waals surface area contributed by atoms with E-state index in [9.17, 15) is 9.90 Å². The molecular formula is C17H20N4O4S2. The van der Waals surface area contributed by atoms with E-state index in [0.29, 0.717) is 47.8 Å². The van der Waals surface area contributed by atoms with Crippen LogP contribution >= 0.6 is 22.7 Å². The number of ether oxygens (including phenoxy) is 2. The van der Waals surface area contributed by atoms with E-state index in [0.717, 1.165) is 24.6 Å². The molecule has 1 amide bonds. The fourth-order valence-electron chi connectivity index (χ4n) is 4.30. The van der Waals surface area contributed by atoms with Gasteiger partial charge in [-0.1, -0.05) is 11.3 Å². The molecular weight excluding hydrogens is 388 g/mol. The minimum atomic E-state index is -0.544. The minimum Gasteiger partial charge on any atom is -0.485 e. The Morgan fingerprint density at radius 3 is 2.85 bits per heavy atom. The summed E-state index contributed by atoms with van der Waals surface area (Å²) in [6, 6.07) is -0.254. The number of aromatic nitrogens is 2. The number of hydrogen-bond acceptors (Lipinski definition) is 9. The van der Waals surface area contributed by atoms with Crippen LogP contribution in [0.25, 0.3) is 0 Å². The minimum absolute atomic E-state index is 0.201. The number of rotatable bonds is 3. The van der Waals surface area contributed by atoms with Gasteiger partial charge in [-0.15, -0.1) is 21.5 Å². The van der Waals surface area contributed by atoms with Gasteiger partial charge in [0, 0.05) is 18.5 Å². The highest BCUT2D eigenvalue weighted by molar-refractivity contribution is 7.13. The van der Waals surface area contributed by atoms with Gasteiger partial charge < -0.3 is 24.8 Å². The number of amides is 1. The second-order valence-corrected chi connectivity index (χ2v) is 8.91. The zero-order valence-electron chi connectivity index (χ0n) is 14.5. The molecule has 8 nitrogen and oxygen atoms in total. The third-order valence-electron chi connectivity index (χ3n) is 5.58. The van der Waals surface area contributed by atoms with Gasteiger partial charge in [-0.05, 0) is 24.7 Å². The molecule has 0 aromatic carbocycles. The maximum absolute atomic E-state index is 12.8. The third kappa shape index (κ3) is 3.15. The molecule has 0 spiro atoms. The molecule has 2 aromatic rings. The smallest absolute Gasteiger partial charge is 0.265 e. The number of aliphatic hydroxyl groups is 1. The number of nitrogens with zero attached hydrogens (tertiary/aromatic N) is 3. The number of anilines is 1. The van der Waals surface area contributed by atoms with Crippen LogP contribution < -0.4 is 19.7 Å². The van der Waals surface area contributed by atoms with Gasteiger partial charge in [-0.25, -0.2) is 0 Å². The second kappa shape index (κ2) is 6.92. The van der Waals surface area contributed by atoms with Crippen molar-refractivity contribution in [2.75, 3.05) is 31.2 Å². The summed E-state index contributed by atoms with van der Waals surface area (Å²) in [6.45, 7) is 2.73. The predicted octanol–water partition coefficient (Wildman–Crippen LogP) is 1.38. The number of carbonyl (C=O) groups is 1. The maximum Gasteiger partial charge on any atom is 0.265 e. The Morgan fingerprint density at radius 1 is 1.22 bits per heavy atom. The number of fused-ring (bicyclic) bond motifs is 2. The average molecular weight is 409 g/mol. The average Bonchev–Trinajstić information content (AvgIpc) is 3.40. The Balaban J connectivity index is 1.26. The highest BCUT2D eigenvalue weighted by Gasteiger charge is 2.43. The van der Waals surface area contributed by atoms with E-state index in [2.05, 4.69) is 20.4 Å². The SMILES string of the molecule is O=C(N[C@H]1C[C@H]2CN(c3nncs3)C[C@H]2C[C@@H]1O)c1scc2c1OCCO2. The normalized spacial score (nSPS) is 29.4. The van der Waals surface area contributed by atoms with E-state index in [-0.39, 0.29) is 11.9 Å². The molecule has 4 atom stereocenters. The summed E-state index contributed by atoms with van der Waals surface area (Å²) in [7, 11) is 0. The Bertz CT molecular complexity index is 827. The van der Waals surface area contributed by atoms with Crippen LogP contribution in [0.2, 0.25) is 0 Å². The van der Waals surface area contributed by atoms with Crippen molar-refractivity contribution in [2.45, 2.75) is 25.0 Å². The summed E-state index contributed by atoms with van der Waals surface area (Å²) < 4.78 is 11.1. The van der Waals surface area contributed by atoms with Crippen LogP contribution in [0, 0.1) is 11.8 Å². The Morgan fingerprint density at radius 2 is 2.04 bits per heavy atom. The summed E-state index contributed by atoms with van der Waals surface area (Å²) in [6.07, 6.45) is 0.905. The van der Waals surface area contributed by atoms with E-state index in [1.54, 1.807) is 10.9 Å².